The minimum Gasteiger partial charge on any atom is -0.353 e. The summed E-state index contributed by atoms with van der Waals surface area (Å²) >= 11 is 11.7. The van der Waals surface area contributed by atoms with Gasteiger partial charge in [0.2, 0.25) is 5.91 Å². The van der Waals surface area contributed by atoms with E-state index in [1.165, 1.54) is 12.1 Å². The fourth-order valence-electron chi connectivity index (χ4n) is 1.82. The number of carbonyl (C=O) groups excluding carboxylic acids is 1. The number of benzene rings is 1. The van der Waals surface area contributed by atoms with Crippen LogP contribution in [-0.2, 0) is 4.79 Å². The zero-order chi connectivity index (χ0) is 15.4. The van der Waals surface area contributed by atoms with Crippen LogP contribution >= 0.6 is 23.2 Å². The van der Waals surface area contributed by atoms with E-state index in [1.54, 1.807) is 6.92 Å². The maximum absolute atomic E-state index is 13.5. The normalized spacial score (nSPS) is 14.2. The van der Waals surface area contributed by atoms with E-state index in [9.17, 15) is 9.18 Å². The third kappa shape index (κ3) is 4.62. The van der Waals surface area contributed by atoms with Gasteiger partial charge in [0.15, 0.2) is 0 Å². The maximum atomic E-state index is 13.5. The Balaban J connectivity index is 2.78. The highest BCUT2D eigenvalue weighted by molar-refractivity contribution is 6.35. The summed E-state index contributed by atoms with van der Waals surface area (Å²) in [5.74, 6) is -0.642. The van der Waals surface area contributed by atoms with Crippen molar-refractivity contribution in [1.29, 1.82) is 0 Å². The van der Waals surface area contributed by atoms with Crippen molar-refractivity contribution in [2.75, 3.05) is 0 Å². The average molecular weight is 321 g/mol. The molecule has 0 saturated heterocycles. The van der Waals surface area contributed by atoms with Gasteiger partial charge in [-0.15, -0.1) is 0 Å². The summed E-state index contributed by atoms with van der Waals surface area (Å²) in [7, 11) is 0. The molecule has 3 nitrogen and oxygen atoms in total. The first kappa shape index (κ1) is 17.2. The molecule has 6 heteroatoms. The van der Waals surface area contributed by atoms with Crippen LogP contribution in [0.2, 0.25) is 10.0 Å². The molecule has 0 radical (unpaired) electrons. The Bertz CT molecular complexity index is 494. The molecule has 0 bridgehead atoms. The number of rotatable bonds is 5. The van der Waals surface area contributed by atoms with Gasteiger partial charge in [0.1, 0.15) is 5.82 Å². The maximum Gasteiger partial charge on any atom is 0.237 e. The highest BCUT2D eigenvalue weighted by Crippen LogP contribution is 2.28. The van der Waals surface area contributed by atoms with E-state index in [0.29, 0.717) is 10.6 Å². The first-order valence-corrected chi connectivity index (χ1v) is 7.18. The second-order valence-corrected chi connectivity index (χ2v) is 5.88. The molecule has 1 aromatic rings. The van der Waals surface area contributed by atoms with E-state index < -0.39 is 11.9 Å². The number of hydrogen-bond acceptors (Lipinski definition) is 2. The Hall–Kier alpha value is -0.840. The smallest absolute Gasteiger partial charge is 0.237 e. The molecule has 1 amide bonds. The quantitative estimate of drug-likeness (QED) is 0.812. The highest BCUT2D eigenvalue weighted by atomic mass is 35.5. The van der Waals surface area contributed by atoms with Gasteiger partial charge in [-0.1, -0.05) is 23.2 Å². The minimum absolute atomic E-state index is 0.0171. The molecule has 0 unspecified atom stereocenters. The molecular formula is C14H19Cl2FN2O. The third-order valence-electron chi connectivity index (χ3n) is 2.83. The molecule has 0 aromatic heterocycles. The Kier molecular flexibility index (Phi) is 6.24. The summed E-state index contributed by atoms with van der Waals surface area (Å²) < 4.78 is 13.5. The first-order valence-electron chi connectivity index (χ1n) is 6.43. The number of halogens is 3. The van der Waals surface area contributed by atoms with E-state index in [1.807, 2.05) is 20.8 Å². The molecule has 0 fully saturated rings. The lowest BCUT2D eigenvalue weighted by molar-refractivity contribution is -0.123. The molecule has 2 N–H and O–H groups in total. The fraction of sp³-hybridized carbons (Fsp3) is 0.500. The van der Waals surface area contributed by atoms with Gasteiger partial charge in [-0.3, -0.25) is 10.1 Å². The second-order valence-electron chi connectivity index (χ2n) is 5.06. The van der Waals surface area contributed by atoms with Gasteiger partial charge in [0.05, 0.1) is 11.1 Å². The molecule has 0 aliphatic rings. The number of amides is 1. The van der Waals surface area contributed by atoms with Crippen molar-refractivity contribution in [3.8, 4) is 0 Å². The second kappa shape index (κ2) is 7.25. The lowest BCUT2D eigenvalue weighted by Crippen LogP contribution is -2.45. The van der Waals surface area contributed by atoms with Crippen molar-refractivity contribution in [2.24, 2.45) is 0 Å². The molecular weight excluding hydrogens is 302 g/mol. The number of nitrogens with one attached hydrogen (secondary N) is 2. The summed E-state index contributed by atoms with van der Waals surface area (Å²) in [5.41, 5.74) is 0.567. The topological polar surface area (TPSA) is 41.1 Å². The van der Waals surface area contributed by atoms with Gasteiger partial charge in [-0.05, 0) is 45.4 Å². The molecule has 0 aliphatic carbocycles. The molecule has 0 heterocycles. The average Bonchev–Trinajstić information content (AvgIpc) is 2.32. The van der Waals surface area contributed by atoms with Gasteiger partial charge in [0.25, 0.3) is 0 Å². The van der Waals surface area contributed by atoms with Crippen molar-refractivity contribution in [3.63, 3.8) is 0 Å². The lowest BCUT2D eigenvalue weighted by atomic mass is 10.1. The van der Waals surface area contributed by atoms with Crippen LogP contribution in [0.25, 0.3) is 0 Å². The Morgan fingerprint density at radius 1 is 1.15 bits per heavy atom. The molecule has 112 valence electrons. The third-order valence-corrected chi connectivity index (χ3v) is 3.45. The highest BCUT2D eigenvalue weighted by Gasteiger charge is 2.19. The van der Waals surface area contributed by atoms with E-state index in [0.717, 1.165) is 0 Å². The summed E-state index contributed by atoms with van der Waals surface area (Å²) in [4.78, 5) is 11.8. The van der Waals surface area contributed by atoms with Crippen molar-refractivity contribution in [2.45, 2.75) is 45.8 Å². The van der Waals surface area contributed by atoms with Crippen LogP contribution in [-0.4, -0.2) is 18.0 Å². The molecule has 1 rings (SSSR count). The van der Waals surface area contributed by atoms with Gasteiger partial charge >= 0.3 is 0 Å². The SMILES string of the molecule is CC(C)NC(=O)[C@@H](C)N[C@H](C)c1cc(F)c(Cl)cc1Cl. The van der Waals surface area contributed by atoms with Gasteiger partial charge in [-0.25, -0.2) is 4.39 Å². The monoisotopic (exact) mass is 320 g/mol. The largest absolute Gasteiger partial charge is 0.353 e. The van der Waals surface area contributed by atoms with E-state index >= 15 is 0 Å². The van der Waals surface area contributed by atoms with Crippen LogP contribution in [0, 0.1) is 5.82 Å². The summed E-state index contributed by atoms with van der Waals surface area (Å²) in [6.07, 6.45) is 0. The Morgan fingerprint density at radius 3 is 2.30 bits per heavy atom. The standard InChI is InChI=1S/C14H19Cl2FN2O/c1-7(2)18-14(20)9(4)19-8(3)10-5-13(17)12(16)6-11(10)15/h5-9,19H,1-4H3,(H,18,20)/t8-,9-/m1/s1. The van der Waals surface area contributed by atoms with E-state index in [-0.39, 0.29) is 23.0 Å². The van der Waals surface area contributed by atoms with Gasteiger partial charge in [-0.2, -0.15) is 0 Å². The van der Waals surface area contributed by atoms with Crippen molar-refractivity contribution in [1.82, 2.24) is 10.6 Å². The minimum atomic E-state index is -0.529. The van der Waals surface area contributed by atoms with Crippen molar-refractivity contribution in [3.05, 3.63) is 33.6 Å². The van der Waals surface area contributed by atoms with Crippen molar-refractivity contribution >= 4 is 29.1 Å². The van der Waals surface area contributed by atoms with Crippen LogP contribution in [0.4, 0.5) is 4.39 Å². The predicted molar refractivity (Wildman–Crippen MR) is 80.7 cm³/mol. The number of carbonyl (C=O) groups is 1. The summed E-state index contributed by atoms with van der Waals surface area (Å²) in [6.45, 7) is 7.33. The molecule has 2 atom stereocenters. The predicted octanol–water partition coefficient (Wildman–Crippen LogP) is 3.70. The van der Waals surface area contributed by atoms with Crippen LogP contribution < -0.4 is 10.6 Å². The van der Waals surface area contributed by atoms with Crippen LogP contribution in [0.3, 0.4) is 0 Å². The molecule has 0 aliphatic heterocycles. The molecule has 0 saturated carbocycles. The van der Waals surface area contributed by atoms with Crippen LogP contribution in [0.5, 0.6) is 0 Å². The molecule has 0 spiro atoms. The first-order chi connectivity index (χ1) is 9.22. The van der Waals surface area contributed by atoms with Crippen LogP contribution in [0.15, 0.2) is 12.1 Å². The van der Waals surface area contributed by atoms with E-state index in [4.69, 9.17) is 23.2 Å². The Morgan fingerprint density at radius 2 is 1.75 bits per heavy atom. The molecule has 1 aromatic carbocycles. The van der Waals surface area contributed by atoms with E-state index in [2.05, 4.69) is 10.6 Å². The van der Waals surface area contributed by atoms with Crippen molar-refractivity contribution < 1.29 is 9.18 Å². The van der Waals surface area contributed by atoms with Crippen LogP contribution in [0.1, 0.15) is 39.3 Å². The Labute approximate surface area is 128 Å². The molecule has 20 heavy (non-hydrogen) atoms. The van der Waals surface area contributed by atoms with Gasteiger partial charge in [0, 0.05) is 17.1 Å². The zero-order valence-corrected chi connectivity index (χ0v) is 13.4. The number of hydrogen-bond donors (Lipinski definition) is 2. The zero-order valence-electron chi connectivity index (χ0n) is 11.9. The summed E-state index contributed by atoms with van der Waals surface area (Å²) in [6, 6.07) is 2.03. The fourth-order valence-corrected chi connectivity index (χ4v) is 2.37. The van der Waals surface area contributed by atoms with Gasteiger partial charge < -0.3 is 5.32 Å². The lowest BCUT2D eigenvalue weighted by Gasteiger charge is -2.22. The summed E-state index contributed by atoms with van der Waals surface area (Å²) in [5, 5.41) is 6.24.